The summed E-state index contributed by atoms with van der Waals surface area (Å²) in [6, 6.07) is 7.37. The number of carbonyl (C=O) groups is 1. The first-order valence-corrected chi connectivity index (χ1v) is 8.05. The van der Waals surface area contributed by atoms with Crippen molar-refractivity contribution in [3.05, 3.63) is 29.8 Å². The second-order valence-corrected chi connectivity index (χ2v) is 5.74. The van der Waals surface area contributed by atoms with Gasteiger partial charge in [-0.1, -0.05) is 12.1 Å². The molecule has 1 unspecified atom stereocenters. The first-order valence-electron chi connectivity index (χ1n) is 8.05. The number of carbonyl (C=O) groups excluding carboxylic acids is 1. The number of nitrogens with one attached hydrogen (secondary N) is 2. The summed E-state index contributed by atoms with van der Waals surface area (Å²) in [5.41, 5.74) is 1.78. The molecule has 0 aliphatic carbocycles. The van der Waals surface area contributed by atoms with E-state index < -0.39 is 0 Å². The topological polar surface area (TPSA) is 68.8 Å². The van der Waals surface area contributed by atoms with E-state index in [1.165, 1.54) is 0 Å². The van der Waals surface area contributed by atoms with Crippen LogP contribution in [0, 0.1) is 0 Å². The van der Waals surface area contributed by atoms with Crippen molar-refractivity contribution in [2.24, 2.45) is 0 Å². The molecule has 6 nitrogen and oxygen atoms in total. The molecular weight excluding hydrogens is 332 g/mol. The van der Waals surface area contributed by atoms with Crippen LogP contribution in [0.2, 0.25) is 0 Å². The maximum atomic E-state index is 12.1. The van der Waals surface area contributed by atoms with Crippen molar-refractivity contribution in [3.63, 3.8) is 0 Å². The highest BCUT2D eigenvalue weighted by Gasteiger charge is 2.21. The van der Waals surface area contributed by atoms with E-state index in [4.69, 9.17) is 14.2 Å². The van der Waals surface area contributed by atoms with E-state index in [1.54, 1.807) is 0 Å². The molecular formula is C17H27ClN2O4. The molecule has 2 N–H and O–H groups in total. The van der Waals surface area contributed by atoms with Crippen LogP contribution < -0.4 is 10.6 Å². The zero-order valence-electron chi connectivity index (χ0n) is 14.2. The number of morpholine rings is 1. The quantitative estimate of drug-likeness (QED) is 0.695. The normalized spacial score (nSPS) is 17.4. The van der Waals surface area contributed by atoms with E-state index in [0.29, 0.717) is 39.6 Å². The Labute approximate surface area is 149 Å². The summed E-state index contributed by atoms with van der Waals surface area (Å²) in [6.07, 6.45) is 0.217. The van der Waals surface area contributed by atoms with Crippen molar-refractivity contribution in [1.29, 1.82) is 0 Å². The third-order valence-corrected chi connectivity index (χ3v) is 3.38. The molecule has 1 atom stereocenters. The summed E-state index contributed by atoms with van der Waals surface area (Å²) in [5.74, 6) is -0.0758. The maximum Gasteiger partial charge on any atom is 0.243 e. The van der Waals surface area contributed by atoms with Gasteiger partial charge in [-0.2, -0.15) is 0 Å². The standard InChI is InChI=1S/C17H26N2O4.ClH/c1-13(2)23-9-8-22-11-14-4-3-5-15(10-14)19-17(20)16-12-21-7-6-18-16;/h3-5,10,13,16,18H,6-9,11-12H2,1-2H3,(H,19,20);1H. The zero-order valence-corrected chi connectivity index (χ0v) is 15.1. The lowest BCUT2D eigenvalue weighted by Gasteiger charge is -2.23. The lowest BCUT2D eigenvalue weighted by molar-refractivity contribution is -0.120. The van der Waals surface area contributed by atoms with Gasteiger partial charge in [0.2, 0.25) is 5.91 Å². The molecule has 0 bridgehead atoms. The van der Waals surface area contributed by atoms with Gasteiger partial charge < -0.3 is 24.8 Å². The molecule has 1 aromatic carbocycles. The number of hydrogen-bond donors (Lipinski definition) is 2. The Morgan fingerprint density at radius 3 is 2.96 bits per heavy atom. The van der Waals surface area contributed by atoms with Crippen LogP contribution in [0.25, 0.3) is 0 Å². The number of hydrogen-bond acceptors (Lipinski definition) is 5. The third-order valence-electron chi connectivity index (χ3n) is 3.38. The van der Waals surface area contributed by atoms with Crippen molar-refractivity contribution < 1.29 is 19.0 Å². The summed E-state index contributed by atoms with van der Waals surface area (Å²) < 4.78 is 16.3. The Balaban J connectivity index is 0.00000288. The minimum absolute atomic E-state index is 0. The highest BCUT2D eigenvalue weighted by Crippen LogP contribution is 2.12. The average molecular weight is 359 g/mol. The van der Waals surface area contributed by atoms with Crippen molar-refractivity contribution in [1.82, 2.24) is 5.32 Å². The molecule has 0 saturated carbocycles. The number of benzene rings is 1. The van der Waals surface area contributed by atoms with Gasteiger partial charge in [-0.3, -0.25) is 4.79 Å². The van der Waals surface area contributed by atoms with Gasteiger partial charge in [-0.15, -0.1) is 12.4 Å². The van der Waals surface area contributed by atoms with Crippen LogP contribution in [0.1, 0.15) is 19.4 Å². The molecule has 1 aliphatic rings. The van der Waals surface area contributed by atoms with Gasteiger partial charge in [-0.25, -0.2) is 0 Å². The van der Waals surface area contributed by atoms with Gasteiger partial charge in [0.25, 0.3) is 0 Å². The molecule has 2 rings (SSSR count). The number of amides is 1. The van der Waals surface area contributed by atoms with Gasteiger partial charge in [0.1, 0.15) is 6.04 Å². The van der Waals surface area contributed by atoms with Gasteiger partial charge in [0.05, 0.1) is 39.1 Å². The van der Waals surface area contributed by atoms with Gasteiger partial charge in [0, 0.05) is 12.2 Å². The molecule has 0 spiro atoms. The fraction of sp³-hybridized carbons (Fsp3) is 0.588. The van der Waals surface area contributed by atoms with E-state index >= 15 is 0 Å². The number of ether oxygens (including phenoxy) is 3. The summed E-state index contributed by atoms with van der Waals surface area (Å²) in [6.45, 7) is 7.39. The highest BCUT2D eigenvalue weighted by atomic mass is 35.5. The van der Waals surface area contributed by atoms with Crippen molar-refractivity contribution in [3.8, 4) is 0 Å². The maximum absolute atomic E-state index is 12.1. The molecule has 1 aliphatic heterocycles. The Hall–Kier alpha value is -1.18. The van der Waals surface area contributed by atoms with Crippen LogP contribution in [0.15, 0.2) is 24.3 Å². The molecule has 1 heterocycles. The monoisotopic (exact) mass is 358 g/mol. The van der Waals surface area contributed by atoms with Crippen molar-refractivity contribution in [2.45, 2.75) is 32.6 Å². The molecule has 1 fully saturated rings. The molecule has 1 amide bonds. The summed E-state index contributed by atoms with van der Waals surface area (Å²) in [7, 11) is 0. The number of halogens is 1. The van der Waals surface area contributed by atoms with Gasteiger partial charge >= 0.3 is 0 Å². The minimum Gasteiger partial charge on any atom is -0.378 e. The fourth-order valence-corrected chi connectivity index (χ4v) is 2.23. The van der Waals surface area contributed by atoms with Crippen LogP contribution in [0.4, 0.5) is 5.69 Å². The van der Waals surface area contributed by atoms with Crippen LogP contribution >= 0.6 is 12.4 Å². The highest BCUT2D eigenvalue weighted by molar-refractivity contribution is 5.95. The predicted octanol–water partition coefficient (Wildman–Crippen LogP) is 1.98. The SMILES string of the molecule is CC(C)OCCOCc1cccc(NC(=O)C2COCCN2)c1.Cl. The molecule has 1 aromatic rings. The Kier molecular flexibility index (Phi) is 9.90. The Morgan fingerprint density at radius 1 is 1.42 bits per heavy atom. The smallest absolute Gasteiger partial charge is 0.243 e. The van der Waals surface area contributed by atoms with Crippen LogP contribution in [-0.4, -0.2) is 51.0 Å². The minimum atomic E-state index is -0.295. The second-order valence-electron chi connectivity index (χ2n) is 5.74. The second kappa shape index (κ2) is 11.4. The molecule has 0 aromatic heterocycles. The van der Waals surface area contributed by atoms with E-state index in [9.17, 15) is 4.79 Å². The van der Waals surface area contributed by atoms with Gasteiger partial charge in [0.15, 0.2) is 0 Å². The molecule has 1 saturated heterocycles. The summed E-state index contributed by atoms with van der Waals surface area (Å²) in [5, 5.41) is 6.04. The number of rotatable bonds is 8. The van der Waals surface area contributed by atoms with Gasteiger partial charge in [-0.05, 0) is 31.5 Å². The van der Waals surface area contributed by atoms with E-state index in [-0.39, 0.29) is 30.5 Å². The zero-order chi connectivity index (χ0) is 16.5. The molecule has 136 valence electrons. The van der Waals surface area contributed by atoms with Crippen molar-refractivity contribution in [2.75, 3.05) is 38.3 Å². The van der Waals surface area contributed by atoms with Crippen LogP contribution in [-0.2, 0) is 25.6 Å². The fourth-order valence-electron chi connectivity index (χ4n) is 2.23. The Bertz CT molecular complexity index is 493. The van der Waals surface area contributed by atoms with Crippen molar-refractivity contribution >= 4 is 24.0 Å². The first kappa shape index (κ1) is 20.9. The molecule has 24 heavy (non-hydrogen) atoms. The van der Waals surface area contributed by atoms with E-state index in [2.05, 4.69) is 10.6 Å². The van der Waals surface area contributed by atoms with E-state index in [0.717, 1.165) is 11.3 Å². The predicted molar refractivity (Wildman–Crippen MR) is 95.7 cm³/mol. The largest absolute Gasteiger partial charge is 0.378 e. The Morgan fingerprint density at radius 2 is 2.25 bits per heavy atom. The van der Waals surface area contributed by atoms with E-state index in [1.807, 2.05) is 38.1 Å². The van der Waals surface area contributed by atoms with Crippen LogP contribution in [0.5, 0.6) is 0 Å². The summed E-state index contributed by atoms with van der Waals surface area (Å²) >= 11 is 0. The third kappa shape index (κ3) is 7.59. The lowest BCUT2D eigenvalue weighted by Crippen LogP contribution is -2.48. The number of anilines is 1. The van der Waals surface area contributed by atoms with Crippen LogP contribution in [0.3, 0.4) is 0 Å². The average Bonchev–Trinajstić information content (AvgIpc) is 2.55. The lowest BCUT2D eigenvalue weighted by atomic mass is 10.2. The molecule has 0 radical (unpaired) electrons. The first-order chi connectivity index (χ1) is 11.1. The summed E-state index contributed by atoms with van der Waals surface area (Å²) in [4.78, 5) is 12.1. The molecule has 7 heteroatoms.